The van der Waals surface area contributed by atoms with Gasteiger partial charge in [0.1, 0.15) is 12.6 Å². The van der Waals surface area contributed by atoms with Crippen LogP contribution in [-0.2, 0) is 9.59 Å². The number of amides is 2. The summed E-state index contributed by atoms with van der Waals surface area (Å²) in [7, 11) is 0.808. The second-order valence-corrected chi connectivity index (χ2v) is 3.41. The Labute approximate surface area is 99.2 Å². The maximum Gasteiger partial charge on any atom is 0.406 e. The average Bonchev–Trinajstić information content (AvgIpc) is 2.12. The number of nitrogens with zero attached hydrogens (tertiary/aromatic N) is 1. The Morgan fingerprint density at radius 2 is 1.78 bits per heavy atom. The molecule has 0 spiro atoms. The Morgan fingerprint density at radius 1 is 1.28 bits per heavy atom. The first-order valence-corrected chi connectivity index (χ1v) is 4.56. The molecule has 0 unspecified atom stereocenters. The number of hydrogen-bond donors (Lipinski definition) is 3. The summed E-state index contributed by atoms with van der Waals surface area (Å²) in [4.78, 5) is 32.2. The molecule has 10 heteroatoms. The lowest BCUT2D eigenvalue weighted by molar-refractivity contribution is -0.146. The van der Waals surface area contributed by atoms with Gasteiger partial charge in [0.25, 0.3) is 0 Å². The molecule has 104 valence electrons. The zero-order chi connectivity index (χ0) is 14.5. The van der Waals surface area contributed by atoms with Crippen molar-refractivity contribution < 1.29 is 37.8 Å². The molecule has 0 aromatic rings. The molecule has 18 heavy (non-hydrogen) atoms. The van der Waals surface area contributed by atoms with E-state index in [4.69, 9.17) is 10.2 Å². The van der Waals surface area contributed by atoms with Gasteiger partial charge in [-0.1, -0.05) is 0 Å². The van der Waals surface area contributed by atoms with Crippen molar-refractivity contribution in [1.29, 1.82) is 0 Å². The number of hydrogen-bond acceptors (Lipinski definition) is 3. The van der Waals surface area contributed by atoms with Crippen molar-refractivity contribution in [3.8, 4) is 0 Å². The summed E-state index contributed by atoms with van der Waals surface area (Å²) in [5.74, 6) is -3.15. The van der Waals surface area contributed by atoms with Crippen molar-refractivity contribution in [3.63, 3.8) is 0 Å². The van der Waals surface area contributed by atoms with Crippen molar-refractivity contribution in [2.24, 2.45) is 0 Å². The van der Waals surface area contributed by atoms with Crippen molar-refractivity contribution in [1.82, 2.24) is 10.2 Å². The van der Waals surface area contributed by atoms with Crippen LogP contribution in [0.5, 0.6) is 0 Å². The molecule has 0 radical (unpaired) electrons. The molecule has 2 amide bonds. The number of rotatable bonds is 5. The molecule has 0 aromatic carbocycles. The standard InChI is InChI=1S/C8H11F3N2O5/c1-13(3-8(9,10)11)7(18)12-4(6(16)17)2-5(14)15/h4H,2-3H2,1H3,(H,12,18)(H,14,15)(H,16,17)/t4-/m1/s1. The normalized spacial score (nSPS) is 12.7. The Kier molecular flexibility index (Phi) is 5.40. The summed E-state index contributed by atoms with van der Waals surface area (Å²) >= 11 is 0. The van der Waals surface area contributed by atoms with E-state index in [9.17, 15) is 27.6 Å². The number of urea groups is 1. The highest BCUT2D eigenvalue weighted by Crippen LogP contribution is 2.15. The minimum Gasteiger partial charge on any atom is -0.481 e. The summed E-state index contributed by atoms with van der Waals surface area (Å²) in [6, 6.07) is -3.10. The van der Waals surface area contributed by atoms with Crippen LogP contribution in [0, 0.1) is 0 Å². The molecule has 0 aliphatic heterocycles. The minimum atomic E-state index is -4.63. The number of carbonyl (C=O) groups is 3. The highest BCUT2D eigenvalue weighted by atomic mass is 19.4. The van der Waals surface area contributed by atoms with Crippen LogP contribution in [-0.4, -0.2) is 58.9 Å². The molecule has 7 nitrogen and oxygen atoms in total. The van der Waals surface area contributed by atoms with Crippen molar-refractivity contribution in [2.75, 3.05) is 13.6 Å². The van der Waals surface area contributed by atoms with Gasteiger partial charge in [0.15, 0.2) is 0 Å². The molecule has 3 N–H and O–H groups in total. The highest BCUT2D eigenvalue weighted by Gasteiger charge is 2.32. The third-order valence-electron chi connectivity index (χ3n) is 1.74. The van der Waals surface area contributed by atoms with E-state index in [0.29, 0.717) is 0 Å². The predicted molar refractivity (Wildman–Crippen MR) is 50.9 cm³/mol. The fourth-order valence-corrected chi connectivity index (χ4v) is 0.975. The van der Waals surface area contributed by atoms with E-state index in [2.05, 4.69) is 0 Å². The zero-order valence-corrected chi connectivity index (χ0v) is 9.19. The quantitative estimate of drug-likeness (QED) is 0.659. The average molecular weight is 272 g/mol. The van der Waals surface area contributed by atoms with E-state index < -0.39 is 43.2 Å². The Hall–Kier alpha value is -2.00. The summed E-state index contributed by atoms with van der Waals surface area (Å²) < 4.78 is 35.8. The van der Waals surface area contributed by atoms with Crippen LogP contribution in [0.15, 0.2) is 0 Å². The van der Waals surface area contributed by atoms with Gasteiger partial charge in [-0.05, 0) is 0 Å². The fraction of sp³-hybridized carbons (Fsp3) is 0.625. The third-order valence-corrected chi connectivity index (χ3v) is 1.74. The molecule has 0 heterocycles. The van der Waals surface area contributed by atoms with E-state index in [-0.39, 0.29) is 4.90 Å². The van der Waals surface area contributed by atoms with Crippen LogP contribution in [0.4, 0.5) is 18.0 Å². The lowest BCUT2D eigenvalue weighted by Gasteiger charge is -2.21. The summed E-state index contributed by atoms with van der Waals surface area (Å²) in [6.07, 6.45) is -5.56. The van der Waals surface area contributed by atoms with Gasteiger partial charge >= 0.3 is 24.1 Å². The molecule has 0 aliphatic rings. The number of carbonyl (C=O) groups excluding carboxylic acids is 1. The van der Waals surface area contributed by atoms with E-state index in [1.807, 2.05) is 0 Å². The smallest absolute Gasteiger partial charge is 0.406 e. The van der Waals surface area contributed by atoms with Crippen LogP contribution in [0.2, 0.25) is 0 Å². The first kappa shape index (κ1) is 16.0. The number of alkyl halides is 3. The van der Waals surface area contributed by atoms with E-state index in [1.54, 1.807) is 5.32 Å². The Balaban J connectivity index is 4.50. The lowest BCUT2D eigenvalue weighted by Crippen LogP contribution is -2.49. The molecule has 1 atom stereocenters. The Morgan fingerprint density at radius 3 is 2.11 bits per heavy atom. The zero-order valence-electron chi connectivity index (χ0n) is 9.19. The molecule has 0 saturated carbocycles. The van der Waals surface area contributed by atoms with Gasteiger partial charge in [0.2, 0.25) is 0 Å². The van der Waals surface area contributed by atoms with Crippen LogP contribution in [0.25, 0.3) is 0 Å². The predicted octanol–water partition coefficient (Wildman–Crippen LogP) is 0.118. The summed E-state index contributed by atoms with van der Waals surface area (Å²) in [5, 5.41) is 18.6. The maximum absolute atomic E-state index is 11.9. The van der Waals surface area contributed by atoms with E-state index in [1.165, 1.54) is 0 Å². The van der Waals surface area contributed by atoms with Crippen molar-refractivity contribution >= 4 is 18.0 Å². The molecule has 0 fully saturated rings. The lowest BCUT2D eigenvalue weighted by atomic mass is 10.2. The molecule has 0 aromatic heterocycles. The number of halogens is 3. The van der Waals surface area contributed by atoms with Crippen LogP contribution in [0.1, 0.15) is 6.42 Å². The van der Waals surface area contributed by atoms with Crippen LogP contribution < -0.4 is 5.32 Å². The van der Waals surface area contributed by atoms with Gasteiger partial charge in [0.05, 0.1) is 6.42 Å². The first-order chi connectivity index (χ1) is 8.03. The van der Waals surface area contributed by atoms with Crippen LogP contribution >= 0.6 is 0 Å². The number of carboxylic acids is 2. The topological polar surface area (TPSA) is 107 Å². The maximum atomic E-state index is 11.9. The fourth-order valence-electron chi connectivity index (χ4n) is 0.975. The molecular weight excluding hydrogens is 261 g/mol. The van der Waals surface area contributed by atoms with E-state index in [0.717, 1.165) is 7.05 Å². The van der Waals surface area contributed by atoms with Gasteiger partial charge in [-0.2, -0.15) is 13.2 Å². The second-order valence-electron chi connectivity index (χ2n) is 3.41. The summed E-state index contributed by atoms with van der Waals surface area (Å²) in [5.41, 5.74) is 0. The third kappa shape index (κ3) is 6.55. The van der Waals surface area contributed by atoms with Gasteiger partial charge in [-0.15, -0.1) is 0 Å². The molecule has 0 rings (SSSR count). The highest BCUT2D eigenvalue weighted by molar-refractivity contribution is 5.86. The monoisotopic (exact) mass is 272 g/mol. The summed E-state index contributed by atoms with van der Waals surface area (Å²) in [6.45, 7) is -1.57. The van der Waals surface area contributed by atoms with Crippen molar-refractivity contribution in [3.05, 3.63) is 0 Å². The number of carboxylic acid groups (broad SMARTS) is 2. The number of aliphatic carboxylic acids is 2. The van der Waals surface area contributed by atoms with E-state index >= 15 is 0 Å². The minimum absolute atomic E-state index is 0.206. The van der Waals surface area contributed by atoms with Gasteiger partial charge in [0, 0.05) is 7.05 Å². The van der Waals surface area contributed by atoms with Crippen molar-refractivity contribution in [2.45, 2.75) is 18.6 Å². The largest absolute Gasteiger partial charge is 0.481 e. The Bertz CT molecular complexity index is 344. The second kappa shape index (κ2) is 6.07. The van der Waals surface area contributed by atoms with Crippen LogP contribution in [0.3, 0.4) is 0 Å². The SMILES string of the molecule is CN(CC(F)(F)F)C(=O)N[C@H](CC(=O)O)C(=O)O. The molecule has 0 bridgehead atoms. The van der Waals surface area contributed by atoms with Gasteiger partial charge in [-0.3, -0.25) is 4.79 Å². The number of nitrogens with one attached hydrogen (secondary N) is 1. The van der Waals surface area contributed by atoms with Gasteiger partial charge < -0.3 is 20.4 Å². The molecule has 0 saturated heterocycles. The molecular formula is C8H11F3N2O5. The first-order valence-electron chi connectivity index (χ1n) is 4.56. The van der Waals surface area contributed by atoms with Gasteiger partial charge in [-0.25, -0.2) is 9.59 Å². The molecule has 0 aliphatic carbocycles.